The zero-order chi connectivity index (χ0) is 13.9. The molecule has 1 rings (SSSR count). The lowest BCUT2D eigenvalue weighted by atomic mass is 9.89. The molecule has 0 aliphatic carbocycles. The zero-order valence-electron chi connectivity index (χ0n) is 10.9. The molecular weight excluding hydrogens is 366 g/mol. The first-order valence-corrected chi connectivity index (χ1v) is 7.70. The smallest absolute Gasteiger partial charge is 0.143 e. The molecule has 0 aromatic heterocycles. The van der Waals surface area contributed by atoms with Gasteiger partial charge in [0.05, 0.1) is 4.47 Å². The molecule has 0 fully saturated rings. The molecule has 1 aromatic carbocycles. The van der Waals surface area contributed by atoms with E-state index in [1.54, 1.807) is 0 Å². The predicted octanol–water partition coefficient (Wildman–Crippen LogP) is 5.86. The van der Waals surface area contributed by atoms with E-state index >= 15 is 0 Å². The lowest BCUT2D eigenvalue weighted by molar-refractivity contribution is 0.379. The van der Waals surface area contributed by atoms with Gasteiger partial charge in [-0.1, -0.05) is 36.7 Å². The molecule has 0 N–H and O–H groups in total. The van der Waals surface area contributed by atoms with Gasteiger partial charge in [-0.2, -0.15) is 0 Å². The molecule has 0 spiro atoms. The maximum atomic E-state index is 13.7. The Labute approximate surface area is 124 Å². The van der Waals surface area contributed by atoms with Crippen LogP contribution in [0, 0.1) is 17.0 Å². The third kappa shape index (κ3) is 4.30. The average molecular weight is 384 g/mol. The number of benzene rings is 1. The van der Waals surface area contributed by atoms with Crippen LogP contribution in [-0.4, -0.2) is 4.83 Å². The second kappa shape index (κ2) is 6.47. The quantitative estimate of drug-likeness (QED) is 0.451. The van der Waals surface area contributed by atoms with Crippen molar-refractivity contribution in [2.24, 2.45) is 5.41 Å². The Morgan fingerprint density at radius 1 is 1.22 bits per heavy atom. The van der Waals surface area contributed by atoms with E-state index in [1.807, 2.05) is 0 Å². The summed E-state index contributed by atoms with van der Waals surface area (Å²) in [4.78, 5) is 0.350. The molecule has 1 unspecified atom stereocenters. The molecule has 0 heterocycles. The summed E-state index contributed by atoms with van der Waals surface area (Å²) in [5, 5.41) is 0. The van der Waals surface area contributed by atoms with E-state index in [0.717, 1.165) is 12.8 Å². The van der Waals surface area contributed by atoms with Crippen LogP contribution in [0.25, 0.3) is 0 Å². The SMILES string of the molecule is CC(C)(C)C(Br)CCCc1c(F)ccc(Br)c1F. The molecule has 0 saturated heterocycles. The number of rotatable bonds is 4. The van der Waals surface area contributed by atoms with Crippen molar-refractivity contribution in [3.63, 3.8) is 0 Å². The number of halogens is 4. The minimum absolute atomic E-state index is 0.161. The summed E-state index contributed by atoms with van der Waals surface area (Å²) in [7, 11) is 0. The normalized spacial score (nSPS) is 13.7. The van der Waals surface area contributed by atoms with E-state index < -0.39 is 11.6 Å². The summed E-state index contributed by atoms with van der Waals surface area (Å²) in [6.45, 7) is 6.44. The van der Waals surface area contributed by atoms with Gasteiger partial charge in [0.2, 0.25) is 0 Å². The Bertz CT molecular complexity index is 411. The zero-order valence-corrected chi connectivity index (χ0v) is 14.0. The van der Waals surface area contributed by atoms with Crippen LogP contribution in [0.2, 0.25) is 0 Å². The van der Waals surface area contributed by atoms with Gasteiger partial charge in [-0.25, -0.2) is 8.78 Å². The molecule has 1 aromatic rings. The van der Waals surface area contributed by atoms with Crippen molar-refractivity contribution in [2.75, 3.05) is 0 Å². The minimum atomic E-state index is -0.475. The third-order valence-electron chi connectivity index (χ3n) is 2.96. The van der Waals surface area contributed by atoms with Crippen LogP contribution >= 0.6 is 31.9 Å². The van der Waals surface area contributed by atoms with Crippen LogP contribution in [0.15, 0.2) is 16.6 Å². The van der Waals surface area contributed by atoms with Crippen LogP contribution in [0.5, 0.6) is 0 Å². The van der Waals surface area contributed by atoms with Crippen molar-refractivity contribution in [1.29, 1.82) is 0 Å². The molecule has 0 saturated carbocycles. The van der Waals surface area contributed by atoms with E-state index in [4.69, 9.17) is 0 Å². The number of hydrogen-bond donors (Lipinski definition) is 0. The lowest BCUT2D eigenvalue weighted by Gasteiger charge is -2.25. The topological polar surface area (TPSA) is 0 Å². The largest absolute Gasteiger partial charge is 0.207 e. The second-order valence-corrected chi connectivity index (χ2v) is 7.51. The van der Waals surface area contributed by atoms with Crippen LogP contribution < -0.4 is 0 Å². The Balaban J connectivity index is 2.63. The van der Waals surface area contributed by atoms with Gasteiger partial charge in [0.25, 0.3) is 0 Å². The van der Waals surface area contributed by atoms with Gasteiger partial charge < -0.3 is 0 Å². The van der Waals surface area contributed by atoms with Gasteiger partial charge in [0.1, 0.15) is 11.6 Å². The second-order valence-electron chi connectivity index (χ2n) is 5.55. The fourth-order valence-electron chi connectivity index (χ4n) is 1.69. The summed E-state index contributed by atoms with van der Waals surface area (Å²) in [5.74, 6) is -0.936. The van der Waals surface area contributed by atoms with Gasteiger partial charge in [-0.3, -0.25) is 0 Å². The summed E-state index contributed by atoms with van der Waals surface area (Å²) in [6, 6.07) is 2.70. The highest BCUT2D eigenvalue weighted by atomic mass is 79.9. The van der Waals surface area contributed by atoms with Crippen LogP contribution in [0.1, 0.15) is 39.2 Å². The molecule has 0 amide bonds. The molecular formula is C14H18Br2F2. The molecule has 0 radical (unpaired) electrons. The summed E-state index contributed by atoms with van der Waals surface area (Å²) in [6.07, 6.45) is 2.08. The fraction of sp³-hybridized carbons (Fsp3) is 0.571. The first-order chi connectivity index (χ1) is 8.23. The van der Waals surface area contributed by atoms with Crippen molar-refractivity contribution in [2.45, 2.75) is 44.9 Å². The van der Waals surface area contributed by atoms with Crippen molar-refractivity contribution in [3.05, 3.63) is 33.8 Å². The average Bonchev–Trinajstić information content (AvgIpc) is 2.27. The summed E-state index contributed by atoms with van der Waals surface area (Å²) < 4.78 is 27.6. The van der Waals surface area contributed by atoms with Crippen molar-refractivity contribution >= 4 is 31.9 Å². The molecule has 0 aliphatic rings. The highest BCUT2D eigenvalue weighted by Crippen LogP contribution is 2.30. The maximum absolute atomic E-state index is 13.7. The molecule has 102 valence electrons. The molecule has 0 bridgehead atoms. The first-order valence-electron chi connectivity index (χ1n) is 6.00. The molecule has 18 heavy (non-hydrogen) atoms. The third-order valence-corrected chi connectivity index (χ3v) is 5.41. The lowest BCUT2D eigenvalue weighted by Crippen LogP contribution is -2.20. The maximum Gasteiger partial charge on any atom is 0.143 e. The highest BCUT2D eigenvalue weighted by molar-refractivity contribution is 9.10. The molecule has 0 nitrogen and oxygen atoms in total. The van der Waals surface area contributed by atoms with E-state index in [1.165, 1.54) is 12.1 Å². The first kappa shape index (κ1) is 16.1. The summed E-state index contributed by atoms with van der Waals surface area (Å²) >= 11 is 6.71. The standard InChI is InChI=1S/C14H18Br2F2/c1-14(2,3)12(16)6-4-5-9-11(17)8-7-10(15)13(9)18/h7-8,12H,4-6H2,1-3H3. The Morgan fingerprint density at radius 3 is 2.39 bits per heavy atom. The van der Waals surface area contributed by atoms with Crippen LogP contribution in [0.4, 0.5) is 8.78 Å². The van der Waals surface area contributed by atoms with Crippen LogP contribution in [-0.2, 0) is 6.42 Å². The van der Waals surface area contributed by atoms with Gasteiger partial charge in [0.15, 0.2) is 0 Å². The van der Waals surface area contributed by atoms with E-state index in [9.17, 15) is 8.78 Å². The van der Waals surface area contributed by atoms with Gasteiger partial charge in [0, 0.05) is 10.4 Å². The Hall–Kier alpha value is 0.0400. The van der Waals surface area contributed by atoms with Gasteiger partial charge in [-0.05, 0) is 52.7 Å². The summed E-state index contributed by atoms with van der Waals surface area (Å²) in [5.41, 5.74) is 0.340. The minimum Gasteiger partial charge on any atom is -0.207 e. The van der Waals surface area contributed by atoms with Crippen molar-refractivity contribution < 1.29 is 8.78 Å². The van der Waals surface area contributed by atoms with Gasteiger partial charge in [-0.15, -0.1) is 0 Å². The molecule has 4 heteroatoms. The van der Waals surface area contributed by atoms with Crippen LogP contribution in [0.3, 0.4) is 0 Å². The predicted molar refractivity (Wildman–Crippen MR) is 79.2 cm³/mol. The molecule has 1 atom stereocenters. The Morgan fingerprint density at radius 2 is 1.83 bits per heavy atom. The van der Waals surface area contributed by atoms with E-state index in [2.05, 4.69) is 52.6 Å². The fourth-order valence-corrected chi connectivity index (χ4v) is 2.38. The molecule has 0 aliphatic heterocycles. The number of hydrogen-bond acceptors (Lipinski definition) is 0. The van der Waals surface area contributed by atoms with Crippen molar-refractivity contribution in [3.8, 4) is 0 Å². The van der Waals surface area contributed by atoms with E-state index in [-0.39, 0.29) is 11.0 Å². The highest BCUT2D eigenvalue weighted by Gasteiger charge is 2.21. The van der Waals surface area contributed by atoms with Crippen molar-refractivity contribution in [1.82, 2.24) is 0 Å². The number of alkyl halides is 1. The Kier molecular flexibility index (Phi) is 5.78. The monoisotopic (exact) mass is 382 g/mol. The van der Waals surface area contributed by atoms with Gasteiger partial charge >= 0.3 is 0 Å². The van der Waals surface area contributed by atoms with E-state index in [0.29, 0.717) is 15.7 Å².